The Hall–Kier alpha value is -3.91. The molecule has 1 aromatic heterocycles. The van der Waals surface area contributed by atoms with E-state index >= 15 is 0 Å². The lowest BCUT2D eigenvalue weighted by atomic mass is 10.0. The lowest BCUT2D eigenvalue weighted by Crippen LogP contribution is -2.34. The smallest absolute Gasteiger partial charge is 0.257 e. The minimum absolute atomic E-state index is 0.159. The first-order valence-electron chi connectivity index (χ1n) is 11.9. The molecule has 0 saturated carbocycles. The maximum Gasteiger partial charge on any atom is 0.257 e. The third-order valence-corrected chi connectivity index (χ3v) is 5.67. The number of hydrogen-bond donors (Lipinski definition) is 2. The van der Waals surface area contributed by atoms with Crippen LogP contribution in [0.3, 0.4) is 0 Å². The molecule has 0 aliphatic carbocycles. The summed E-state index contributed by atoms with van der Waals surface area (Å²) < 4.78 is 17.0. The van der Waals surface area contributed by atoms with E-state index in [-0.39, 0.29) is 11.0 Å². The van der Waals surface area contributed by atoms with Gasteiger partial charge in [-0.3, -0.25) is 10.1 Å². The highest BCUT2D eigenvalue weighted by Gasteiger charge is 2.14. The van der Waals surface area contributed by atoms with Crippen LogP contribution in [-0.4, -0.2) is 29.2 Å². The van der Waals surface area contributed by atoms with E-state index in [0.29, 0.717) is 58.9 Å². The lowest BCUT2D eigenvalue weighted by molar-refractivity contribution is 0.0976. The van der Waals surface area contributed by atoms with Crippen LogP contribution in [0.25, 0.3) is 22.6 Å². The van der Waals surface area contributed by atoms with Gasteiger partial charge in [-0.25, -0.2) is 4.98 Å². The number of carbonyl (C=O) groups is 1. The Morgan fingerprint density at radius 1 is 0.972 bits per heavy atom. The summed E-state index contributed by atoms with van der Waals surface area (Å²) in [5, 5.41) is 5.90. The number of amides is 1. The average Bonchev–Trinajstić information content (AvgIpc) is 3.28. The largest absolute Gasteiger partial charge is 0.494 e. The van der Waals surface area contributed by atoms with Gasteiger partial charge in [0.25, 0.3) is 5.91 Å². The quantitative estimate of drug-likeness (QED) is 0.264. The topological polar surface area (TPSA) is 85.6 Å². The molecule has 0 atom stereocenters. The first kappa shape index (κ1) is 25.2. The molecule has 4 rings (SSSR count). The summed E-state index contributed by atoms with van der Waals surface area (Å²) in [5.41, 5.74) is 4.58. The van der Waals surface area contributed by atoms with Crippen LogP contribution < -0.4 is 20.1 Å². The van der Waals surface area contributed by atoms with Gasteiger partial charge in [-0.05, 0) is 80.0 Å². The van der Waals surface area contributed by atoms with Crippen molar-refractivity contribution in [3.8, 4) is 23.0 Å². The molecule has 7 nitrogen and oxygen atoms in total. The van der Waals surface area contributed by atoms with Gasteiger partial charge < -0.3 is 19.2 Å². The molecular formula is C28H29N3O4S. The number of hydrogen-bond acceptors (Lipinski definition) is 6. The highest BCUT2D eigenvalue weighted by molar-refractivity contribution is 7.80. The van der Waals surface area contributed by atoms with Gasteiger partial charge in [0, 0.05) is 22.9 Å². The number of nitrogens with one attached hydrogen (secondary N) is 2. The van der Waals surface area contributed by atoms with Crippen molar-refractivity contribution in [2.24, 2.45) is 0 Å². The summed E-state index contributed by atoms with van der Waals surface area (Å²) in [4.78, 5) is 17.4. The minimum Gasteiger partial charge on any atom is -0.494 e. The second-order valence-corrected chi connectivity index (χ2v) is 8.85. The van der Waals surface area contributed by atoms with Crippen LogP contribution in [0.1, 0.15) is 49.5 Å². The number of thiocarbonyl (C=S) groups is 1. The summed E-state index contributed by atoms with van der Waals surface area (Å²) in [6, 6.07) is 18.7. The average molecular weight is 504 g/mol. The van der Waals surface area contributed by atoms with E-state index in [9.17, 15) is 4.79 Å². The van der Waals surface area contributed by atoms with E-state index in [0.717, 1.165) is 5.56 Å². The van der Waals surface area contributed by atoms with Crippen molar-refractivity contribution < 1.29 is 18.7 Å². The number of anilines is 1. The molecule has 0 radical (unpaired) electrons. The van der Waals surface area contributed by atoms with Crippen LogP contribution >= 0.6 is 12.2 Å². The molecule has 186 valence electrons. The molecular weight excluding hydrogens is 474 g/mol. The standard InChI is InChI=1S/C28H29N3O4S/c1-5-33-22-13-20(14-23(16-22)34-6-2)26(32)31-28(36)29-21-11-12-25-24(15-21)30-27(35-25)19-9-7-18(8-10-19)17(3)4/h7-17H,5-6H2,1-4H3,(H2,29,31,32,36). The Balaban J connectivity index is 1.46. The molecule has 0 unspecified atom stereocenters. The zero-order chi connectivity index (χ0) is 25.7. The summed E-state index contributed by atoms with van der Waals surface area (Å²) in [6.45, 7) is 9.03. The second-order valence-electron chi connectivity index (χ2n) is 8.45. The second kappa shape index (κ2) is 11.2. The maximum atomic E-state index is 12.8. The Bertz CT molecular complexity index is 1360. The number of rotatable bonds is 8. The third-order valence-electron chi connectivity index (χ3n) is 5.46. The monoisotopic (exact) mass is 503 g/mol. The predicted molar refractivity (Wildman–Crippen MR) is 146 cm³/mol. The van der Waals surface area contributed by atoms with Crippen molar-refractivity contribution in [3.05, 3.63) is 71.8 Å². The van der Waals surface area contributed by atoms with Gasteiger partial charge in [-0.15, -0.1) is 0 Å². The van der Waals surface area contributed by atoms with Crippen LogP contribution in [0.5, 0.6) is 11.5 Å². The van der Waals surface area contributed by atoms with E-state index in [1.165, 1.54) is 5.56 Å². The molecule has 2 N–H and O–H groups in total. The van der Waals surface area contributed by atoms with E-state index in [2.05, 4.69) is 41.6 Å². The van der Waals surface area contributed by atoms with Crippen molar-refractivity contribution in [3.63, 3.8) is 0 Å². The summed E-state index contributed by atoms with van der Waals surface area (Å²) in [5.74, 6) is 1.75. The first-order chi connectivity index (χ1) is 17.4. The molecule has 1 heterocycles. The molecule has 0 fully saturated rings. The van der Waals surface area contributed by atoms with Gasteiger partial charge in [0.05, 0.1) is 13.2 Å². The highest BCUT2D eigenvalue weighted by atomic mass is 32.1. The van der Waals surface area contributed by atoms with E-state index in [1.54, 1.807) is 18.2 Å². The number of fused-ring (bicyclic) bond motifs is 1. The number of carbonyl (C=O) groups excluding carboxylic acids is 1. The molecule has 0 aliphatic rings. The fraction of sp³-hybridized carbons (Fsp3) is 0.250. The summed E-state index contributed by atoms with van der Waals surface area (Å²) in [6.07, 6.45) is 0. The predicted octanol–water partition coefficient (Wildman–Crippen LogP) is 6.54. The summed E-state index contributed by atoms with van der Waals surface area (Å²) >= 11 is 5.37. The van der Waals surface area contributed by atoms with Crippen LogP contribution in [0, 0.1) is 0 Å². The number of nitrogens with zero attached hydrogens (tertiary/aromatic N) is 1. The van der Waals surface area contributed by atoms with Crippen LogP contribution in [-0.2, 0) is 0 Å². The molecule has 0 saturated heterocycles. The van der Waals surface area contributed by atoms with Crippen molar-refractivity contribution in [1.29, 1.82) is 0 Å². The Kier molecular flexibility index (Phi) is 7.85. The molecule has 8 heteroatoms. The fourth-order valence-corrected chi connectivity index (χ4v) is 3.89. The lowest BCUT2D eigenvalue weighted by Gasteiger charge is -2.12. The normalized spacial score (nSPS) is 10.9. The van der Waals surface area contributed by atoms with Crippen LogP contribution in [0.15, 0.2) is 65.1 Å². The fourth-order valence-electron chi connectivity index (χ4n) is 3.68. The zero-order valence-electron chi connectivity index (χ0n) is 20.8. The molecule has 36 heavy (non-hydrogen) atoms. The van der Waals surface area contributed by atoms with E-state index in [4.69, 9.17) is 26.1 Å². The maximum absolute atomic E-state index is 12.8. The Labute approximate surface area is 215 Å². The highest BCUT2D eigenvalue weighted by Crippen LogP contribution is 2.28. The van der Waals surface area contributed by atoms with Crippen LogP contribution in [0.4, 0.5) is 5.69 Å². The SMILES string of the molecule is CCOc1cc(OCC)cc(C(=O)NC(=S)Nc2ccc3oc(-c4ccc(C(C)C)cc4)nc3c2)c1. The van der Waals surface area contributed by atoms with Gasteiger partial charge in [-0.1, -0.05) is 26.0 Å². The molecule has 0 bridgehead atoms. The molecule has 0 spiro atoms. The van der Waals surface area contributed by atoms with Crippen molar-refractivity contribution >= 4 is 40.0 Å². The third kappa shape index (κ3) is 6.01. The number of benzene rings is 3. The van der Waals surface area contributed by atoms with Crippen LogP contribution in [0.2, 0.25) is 0 Å². The van der Waals surface area contributed by atoms with Gasteiger partial charge in [0.15, 0.2) is 10.7 Å². The molecule has 1 amide bonds. The first-order valence-corrected chi connectivity index (χ1v) is 12.3. The van der Waals surface area contributed by atoms with E-state index in [1.807, 2.05) is 44.2 Å². The summed E-state index contributed by atoms with van der Waals surface area (Å²) in [7, 11) is 0. The number of ether oxygens (including phenoxy) is 2. The minimum atomic E-state index is -0.371. The molecule has 0 aliphatic heterocycles. The van der Waals surface area contributed by atoms with Gasteiger partial charge in [-0.2, -0.15) is 0 Å². The van der Waals surface area contributed by atoms with Crippen molar-refractivity contribution in [2.75, 3.05) is 18.5 Å². The van der Waals surface area contributed by atoms with Crippen molar-refractivity contribution in [1.82, 2.24) is 10.3 Å². The van der Waals surface area contributed by atoms with Gasteiger partial charge in [0.2, 0.25) is 5.89 Å². The molecule has 3 aromatic carbocycles. The number of oxazole rings is 1. The Morgan fingerprint density at radius 3 is 2.25 bits per heavy atom. The molecule has 4 aromatic rings. The van der Waals surface area contributed by atoms with E-state index < -0.39 is 0 Å². The van der Waals surface area contributed by atoms with Crippen molar-refractivity contribution in [2.45, 2.75) is 33.6 Å². The zero-order valence-corrected chi connectivity index (χ0v) is 21.6. The Morgan fingerprint density at radius 2 is 1.64 bits per heavy atom. The number of aromatic nitrogens is 1. The van der Waals surface area contributed by atoms with Gasteiger partial charge >= 0.3 is 0 Å². The van der Waals surface area contributed by atoms with Gasteiger partial charge in [0.1, 0.15) is 17.0 Å².